The second-order valence-electron chi connectivity index (χ2n) is 9.42. The first-order valence-electron chi connectivity index (χ1n) is 11.8. The monoisotopic (exact) mass is 497 g/mol. The number of rotatable bonds is 11. The molecule has 0 bridgehead atoms. The fraction of sp³-hybridized carbons (Fsp3) is 0.429. The van der Waals surface area contributed by atoms with Crippen molar-refractivity contribution in [2.45, 2.75) is 59.0 Å². The van der Waals surface area contributed by atoms with Crippen molar-refractivity contribution in [3.63, 3.8) is 0 Å². The fourth-order valence-electron chi connectivity index (χ4n) is 3.74. The molecule has 1 aromatic heterocycles. The third kappa shape index (κ3) is 7.05. The number of aliphatic carboxylic acids is 1. The maximum atomic E-state index is 11.4. The summed E-state index contributed by atoms with van der Waals surface area (Å²) in [5.74, 6) is 0.206. The Morgan fingerprint density at radius 3 is 2.43 bits per heavy atom. The number of benzene rings is 2. The van der Waals surface area contributed by atoms with Gasteiger partial charge in [-0.15, -0.1) is 11.3 Å². The molecule has 188 valence electrons. The number of hydrogen-bond acceptors (Lipinski definition) is 6. The van der Waals surface area contributed by atoms with E-state index in [4.69, 9.17) is 19.2 Å². The van der Waals surface area contributed by atoms with E-state index in [0.717, 1.165) is 21.8 Å². The van der Waals surface area contributed by atoms with Gasteiger partial charge in [-0.3, -0.25) is 0 Å². The van der Waals surface area contributed by atoms with Gasteiger partial charge in [-0.05, 0) is 42.5 Å². The van der Waals surface area contributed by atoms with Crippen molar-refractivity contribution in [3.8, 4) is 22.1 Å². The van der Waals surface area contributed by atoms with Gasteiger partial charge in [0.05, 0.1) is 19.4 Å². The van der Waals surface area contributed by atoms with E-state index in [1.807, 2.05) is 12.1 Å². The largest absolute Gasteiger partial charge is 0.493 e. The molecule has 1 atom stereocenters. The number of aromatic nitrogens is 1. The maximum absolute atomic E-state index is 11.4. The molecule has 2 aromatic carbocycles. The Hall–Kier alpha value is -2.90. The van der Waals surface area contributed by atoms with Crippen molar-refractivity contribution in [1.82, 2.24) is 4.98 Å². The van der Waals surface area contributed by atoms with Crippen LogP contribution in [0.5, 0.6) is 11.5 Å². The van der Waals surface area contributed by atoms with Crippen LogP contribution in [0, 0.1) is 6.92 Å². The van der Waals surface area contributed by atoms with Gasteiger partial charge in [-0.1, -0.05) is 51.1 Å². The number of thiazole rings is 1. The summed E-state index contributed by atoms with van der Waals surface area (Å²) in [4.78, 5) is 17.4. The molecule has 3 rings (SSSR count). The summed E-state index contributed by atoms with van der Waals surface area (Å²) >= 11 is 1.70. The van der Waals surface area contributed by atoms with Crippen LogP contribution in [0.3, 0.4) is 0 Å². The number of hydrogen-bond donors (Lipinski definition) is 1. The molecule has 0 saturated carbocycles. The van der Waals surface area contributed by atoms with Crippen LogP contribution in [0.2, 0.25) is 0 Å². The zero-order chi connectivity index (χ0) is 25.6. The van der Waals surface area contributed by atoms with Crippen molar-refractivity contribution < 1.29 is 24.1 Å². The van der Waals surface area contributed by atoms with Gasteiger partial charge in [0.15, 0.2) is 17.6 Å². The van der Waals surface area contributed by atoms with E-state index in [9.17, 15) is 9.90 Å². The zero-order valence-electron chi connectivity index (χ0n) is 21.4. The average Bonchev–Trinajstić information content (AvgIpc) is 3.19. The normalized spacial score (nSPS) is 12.4. The average molecular weight is 498 g/mol. The minimum absolute atomic E-state index is 0.125. The predicted octanol–water partition coefficient (Wildman–Crippen LogP) is 6.08. The second kappa shape index (κ2) is 11.7. The second-order valence-corrected chi connectivity index (χ2v) is 10.6. The quantitative estimate of drug-likeness (QED) is 0.346. The van der Waals surface area contributed by atoms with Gasteiger partial charge in [-0.25, -0.2) is 9.78 Å². The molecule has 6 nitrogen and oxygen atoms in total. The molecular weight excluding hydrogens is 462 g/mol. The molecule has 1 N–H and O–H groups in total. The molecule has 0 amide bonds. The van der Waals surface area contributed by atoms with Crippen LogP contribution in [0.1, 0.15) is 49.4 Å². The Kier molecular flexibility index (Phi) is 8.92. The molecule has 0 spiro atoms. The van der Waals surface area contributed by atoms with Crippen molar-refractivity contribution in [2.75, 3.05) is 20.3 Å². The number of ether oxygens (including phenoxy) is 3. The SMILES string of the molecule is CCOC(Cc1ccc(OCCc2nc(-c3ccc(C(C)(C)C)cc3)sc2C)c(OC)c1)C(=O)O. The smallest absolute Gasteiger partial charge is 0.333 e. The molecule has 1 heterocycles. The molecule has 0 saturated heterocycles. The lowest BCUT2D eigenvalue weighted by Crippen LogP contribution is -2.26. The van der Waals surface area contributed by atoms with E-state index < -0.39 is 12.1 Å². The van der Waals surface area contributed by atoms with Crippen LogP contribution >= 0.6 is 11.3 Å². The first kappa shape index (κ1) is 26.7. The van der Waals surface area contributed by atoms with E-state index in [2.05, 4.69) is 52.0 Å². The van der Waals surface area contributed by atoms with Crippen molar-refractivity contribution in [2.24, 2.45) is 0 Å². The lowest BCUT2D eigenvalue weighted by atomic mass is 9.87. The highest BCUT2D eigenvalue weighted by Gasteiger charge is 2.19. The summed E-state index contributed by atoms with van der Waals surface area (Å²) in [5.41, 5.74) is 4.40. The first-order chi connectivity index (χ1) is 16.6. The van der Waals surface area contributed by atoms with Gasteiger partial charge < -0.3 is 19.3 Å². The standard InChI is InChI=1S/C28H35NO5S/c1-7-33-25(27(30)31)17-19-8-13-23(24(16-19)32-6)34-15-14-22-18(2)35-26(29-22)20-9-11-21(12-10-20)28(3,4)5/h8-13,16,25H,7,14-15,17H2,1-6H3,(H,30,31). The van der Waals surface area contributed by atoms with E-state index in [1.165, 1.54) is 10.4 Å². The van der Waals surface area contributed by atoms with Gasteiger partial charge in [-0.2, -0.15) is 0 Å². The highest BCUT2D eigenvalue weighted by atomic mass is 32.1. The molecule has 0 aliphatic heterocycles. The van der Waals surface area contributed by atoms with Gasteiger partial charge in [0.2, 0.25) is 0 Å². The van der Waals surface area contributed by atoms with Crippen molar-refractivity contribution in [3.05, 3.63) is 64.2 Å². The molecule has 35 heavy (non-hydrogen) atoms. The Bertz CT molecular complexity index is 1130. The lowest BCUT2D eigenvalue weighted by Gasteiger charge is -2.18. The van der Waals surface area contributed by atoms with Crippen molar-refractivity contribution >= 4 is 17.3 Å². The molecule has 0 radical (unpaired) electrons. The van der Waals surface area contributed by atoms with E-state index in [1.54, 1.807) is 31.4 Å². The summed E-state index contributed by atoms with van der Waals surface area (Å²) in [6, 6.07) is 14.1. The molecule has 3 aromatic rings. The highest BCUT2D eigenvalue weighted by molar-refractivity contribution is 7.15. The van der Waals surface area contributed by atoms with Crippen LogP contribution in [-0.4, -0.2) is 42.5 Å². The Labute approximate surface area is 211 Å². The molecular formula is C28H35NO5S. The Morgan fingerprint density at radius 1 is 1.11 bits per heavy atom. The zero-order valence-corrected chi connectivity index (χ0v) is 22.2. The summed E-state index contributed by atoms with van der Waals surface area (Å²) < 4.78 is 16.8. The van der Waals surface area contributed by atoms with Crippen LogP contribution in [0.4, 0.5) is 0 Å². The van der Waals surface area contributed by atoms with Crippen molar-refractivity contribution in [1.29, 1.82) is 0 Å². The minimum Gasteiger partial charge on any atom is -0.493 e. The molecule has 1 unspecified atom stereocenters. The number of nitrogens with zero attached hydrogens (tertiary/aromatic N) is 1. The third-order valence-electron chi connectivity index (χ3n) is 5.78. The predicted molar refractivity (Wildman–Crippen MR) is 140 cm³/mol. The number of aryl methyl sites for hydroxylation is 1. The topological polar surface area (TPSA) is 77.9 Å². The van der Waals surface area contributed by atoms with Crippen LogP contribution in [0.15, 0.2) is 42.5 Å². The molecule has 0 aliphatic carbocycles. The number of carbonyl (C=O) groups is 1. The molecule has 0 fully saturated rings. The summed E-state index contributed by atoms with van der Waals surface area (Å²) in [6.45, 7) is 11.3. The summed E-state index contributed by atoms with van der Waals surface area (Å²) in [6.07, 6.45) is 0.0544. The van der Waals surface area contributed by atoms with Gasteiger partial charge in [0, 0.05) is 29.9 Å². The highest BCUT2D eigenvalue weighted by Crippen LogP contribution is 2.32. The van der Waals surface area contributed by atoms with Crippen LogP contribution in [0.25, 0.3) is 10.6 Å². The lowest BCUT2D eigenvalue weighted by molar-refractivity contribution is -0.149. The number of methoxy groups -OCH3 is 1. The Morgan fingerprint density at radius 2 is 1.83 bits per heavy atom. The number of carboxylic acid groups (broad SMARTS) is 1. The van der Waals surface area contributed by atoms with Gasteiger partial charge in [0.25, 0.3) is 0 Å². The third-order valence-corrected chi connectivity index (χ3v) is 6.84. The van der Waals surface area contributed by atoms with E-state index in [0.29, 0.717) is 31.1 Å². The van der Waals surface area contributed by atoms with E-state index >= 15 is 0 Å². The van der Waals surface area contributed by atoms with Crippen LogP contribution in [-0.2, 0) is 27.8 Å². The Balaban J connectivity index is 1.64. The van der Waals surface area contributed by atoms with Gasteiger partial charge >= 0.3 is 5.97 Å². The maximum Gasteiger partial charge on any atom is 0.333 e. The van der Waals surface area contributed by atoms with Crippen LogP contribution < -0.4 is 9.47 Å². The summed E-state index contributed by atoms with van der Waals surface area (Å²) in [7, 11) is 1.57. The molecule has 0 aliphatic rings. The van der Waals surface area contributed by atoms with E-state index in [-0.39, 0.29) is 11.8 Å². The van der Waals surface area contributed by atoms with Gasteiger partial charge in [0.1, 0.15) is 5.01 Å². The molecule has 7 heteroatoms. The first-order valence-corrected chi connectivity index (χ1v) is 12.6. The fourth-order valence-corrected chi connectivity index (χ4v) is 4.71. The minimum atomic E-state index is -0.978. The number of carboxylic acids is 1. The summed E-state index contributed by atoms with van der Waals surface area (Å²) in [5, 5.41) is 10.3.